The summed E-state index contributed by atoms with van der Waals surface area (Å²) in [6.07, 6.45) is 0.850. The largest absolute Gasteiger partial charge is 0.496 e. The number of thiazole rings is 1. The van der Waals surface area contributed by atoms with E-state index in [1.165, 1.54) is 24.1 Å². The van der Waals surface area contributed by atoms with Crippen LogP contribution in [-0.2, 0) is 24.3 Å². The second-order valence-corrected chi connectivity index (χ2v) is 7.82. The number of hydrogen-bond donors (Lipinski definition) is 0. The summed E-state index contributed by atoms with van der Waals surface area (Å²) in [4.78, 5) is 19.0. The Kier molecular flexibility index (Phi) is 5.61. The third-order valence-corrected chi connectivity index (χ3v) is 5.28. The first-order valence-electron chi connectivity index (χ1n) is 8.21. The third-order valence-electron chi connectivity index (χ3n) is 3.95. The van der Waals surface area contributed by atoms with Gasteiger partial charge in [0.15, 0.2) is 4.80 Å². The highest BCUT2D eigenvalue weighted by Crippen LogP contribution is 2.24. The van der Waals surface area contributed by atoms with Gasteiger partial charge in [0.1, 0.15) is 5.75 Å². The number of benzene rings is 1. The van der Waals surface area contributed by atoms with Gasteiger partial charge in [0.25, 0.3) is 5.91 Å². The smallest absolute Gasteiger partial charge is 0.283 e. The van der Waals surface area contributed by atoms with Crippen molar-refractivity contribution in [1.82, 2.24) is 4.57 Å². The van der Waals surface area contributed by atoms with Crippen LogP contribution in [-0.4, -0.2) is 24.2 Å². The summed E-state index contributed by atoms with van der Waals surface area (Å²) in [6.45, 7) is 6.42. The molecule has 1 amide bonds. The molecule has 1 aromatic carbocycles. The lowest BCUT2D eigenvalue weighted by Crippen LogP contribution is -2.23. The van der Waals surface area contributed by atoms with Gasteiger partial charge in [0.05, 0.1) is 30.8 Å². The fourth-order valence-corrected chi connectivity index (χ4v) is 4.13. The third kappa shape index (κ3) is 3.97. The van der Waals surface area contributed by atoms with Crippen LogP contribution in [0.15, 0.2) is 23.2 Å². The molecule has 134 valence electrons. The molecular weight excluding hydrogens is 360 g/mol. The lowest BCUT2D eigenvalue weighted by molar-refractivity contribution is 0.0994. The number of fused-ring (bicyclic) bond motifs is 1. The molecule has 0 N–H and O–H groups in total. The Hall–Kier alpha value is -1.63. The van der Waals surface area contributed by atoms with Crippen LogP contribution < -0.4 is 9.54 Å². The lowest BCUT2D eigenvalue weighted by atomic mass is 10.2. The van der Waals surface area contributed by atoms with Gasteiger partial charge in [-0.05, 0) is 24.1 Å². The fourth-order valence-electron chi connectivity index (χ4n) is 2.84. The van der Waals surface area contributed by atoms with Crippen molar-refractivity contribution in [3.8, 4) is 5.75 Å². The first-order valence-corrected chi connectivity index (χ1v) is 9.40. The molecule has 0 atom stereocenters. The van der Waals surface area contributed by atoms with Crippen molar-refractivity contribution in [1.29, 1.82) is 0 Å². The highest BCUT2D eigenvalue weighted by atomic mass is 35.5. The summed E-state index contributed by atoms with van der Waals surface area (Å²) in [5, 5.41) is 0.480. The minimum absolute atomic E-state index is 0.351. The fraction of sp³-hybridized carbons (Fsp3) is 0.444. The predicted molar refractivity (Wildman–Crippen MR) is 98.4 cm³/mol. The first kappa shape index (κ1) is 18.2. The zero-order valence-electron chi connectivity index (χ0n) is 14.5. The van der Waals surface area contributed by atoms with Crippen LogP contribution in [0, 0.1) is 5.92 Å². The quantitative estimate of drug-likeness (QED) is 0.813. The van der Waals surface area contributed by atoms with Gasteiger partial charge in [-0.1, -0.05) is 36.8 Å². The van der Waals surface area contributed by atoms with Gasteiger partial charge >= 0.3 is 0 Å². The van der Waals surface area contributed by atoms with Crippen LogP contribution in [0.5, 0.6) is 5.75 Å². The molecule has 7 heteroatoms. The second-order valence-electron chi connectivity index (χ2n) is 6.32. The Morgan fingerprint density at radius 3 is 3.00 bits per heavy atom. The van der Waals surface area contributed by atoms with Crippen LogP contribution in [0.3, 0.4) is 0 Å². The molecule has 1 aliphatic heterocycles. The van der Waals surface area contributed by atoms with E-state index in [4.69, 9.17) is 21.1 Å². The Bertz CT molecular complexity index is 854. The van der Waals surface area contributed by atoms with Gasteiger partial charge in [0.2, 0.25) is 0 Å². The predicted octanol–water partition coefficient (Wildman–Crippen LogP) is 3.68. The maximum Gasteiger partial charge on any atom is 0.283 e. The van der Waals surface area contributed by atoms with Crippen LogP contribution >= 0.6 is 22.9 Å². The molecule has 0 aliphatic carbocycles. The number of hydrogen-bond acceptors (Lipinski definition) is 4. The maximum atomic E-state index is 12.8. The Balaban J connectivity index is 2.07. The highest BCUT2D eigenvalue weighted by molar-refractivity contribution is 7.09. The first-order chi connectivity index (χ1) is 12.0. The van der Waals surface area contributed by atoms with Crippen molar-refractivity contribution in [3.63, 3.8) is 0 Å². The molecule has 5 nitrogen and oxygen atoms in total. The summed E-state index contributed by atoms with van der Waals surface area (Å²) in [5.74, 6) is 0.575. The molecule has 0 saturated heterocycles. The van der Waals surface area contributed by atoms with Gasteiger partial charge in [-0.25, -0.2) is 0 Å². The van der Waals surface area contributed by atoms with E-state index >= 15 is 0 Å². The summed E-state index contributed by atoms with van der Waals surface area (Å²) in [5.41, 5.74) is 1.60. The van der Waals surface area contributed by atoms with E-state index in [0.717, 1.165) is 17.8 Å². The Labute approximate surface area is 155 Å². The molecule has 1 aromatic heterocycles. The molecule has 3 rings (SSSR count). The highest BCUT2D eigenvalue weighted by Gasteiger charge is 2.20. The van der Waals surface area contributed by atoms with E-state index < -0.39 is 0 Å². The number of ether oxygens (including phenoxy) is 2. The van der Waals surface area contributed by atoms with E-state index in [2.05, 4.69) is 23.4 Å². The zero-order chi connectivity index (χ0) is 18.0. The number of amides is 1. The molecule has 0 spiro atoms. The zero-order valence-corrected chi connectivity index (χ0v) is 16.1. The molecule has 0 radical (unpaired) electrons. The number of carbonyl (C=O) groups excluding carboxylic acids is 1. The molecule has 1 aliphatic rings. The van der Waals surface area contributed by atoms with Crippen molar-refractivity contribution < 1.29 is 14.3 Å². The summed E-state index contributed by atoms with van der Waals surface area (Å²) >= 11 is 7.56. The SMILES string of the molecule is COc1ccc(Cl)cc1C(=O)N=c1sc2c(n1CC(C)C)CCOC2. The summed E-state index contributed by atoms with van der Waals surface area (Å²) in [7, 11) is 1.53. The van der Waals surface area contributed by atoms with Crippen molar-refractivity contribution in [3.05, 3.63) is 44.2 Å². The van der Waals surface area contributed by atoms with Gasteiger partial charge < -0.3 is 14.0 Å². The summed E-state index contributed by atoms with van der Waals surface area (Å²) < 4.78 is 13.0. The molecule has 0 fully saturated rings. The minimum atomic E-state index is -0.351. The van der Waals surface area contributed by atoms with E-state index in [1.807, 2.05) is 0 Å². The molecule has 2 aromatic rings. The number of halogens is 1. The Morgan fingerprint density at radius 1 is 1.48 bits per heavy atom. The van der Waals surface area contributed by atoms with E-state index in [9.17, 15) is 4.79 Å². The number of rotatable bonds is 4. The number of carbonyl (C=O) groups is 1. The van der Waals surface area contributed by atoms with Crippen LogP contribution in [0.25, 0.3) is 0 Å². The summed E-state index contributed by atoms with van der Waals surface area (Å²) in [6, 6.07) is 4.97. The van der Waals surface area contributed by atoms with E-state index in [1.54, 1.807) is 18.2 Å². The van der Waals surface area contributed by atoms with Crippen molar-refractivity contribution in [2.45, 2.75) is 33.4 Å². The van der Waals surface area contributed by atoms with Gasteiger partial charge in [-0.3, -0.25) is 4.79 Å². The standard InChI is InChI=1S/C18H21ClN2O3S/c1-11(2)9-21-14-6-7-24-10-16(14)25-18(21)20-17(22)13-8-12(19)4-5-15(13)23-3/h4-5,8,11H,6-7,9-10H2,1-3H3. The van der Waals surface area contributed by atoms with Gasteiger partial charge in [-0.15, -0.1) is 0 Å². The van der Waals surface area contributed by atoms with Crippen molar-refractivity contribution in [2.75, 3.05) is 13.7 Å². The topological polar surface area (TPSA) is 52.8 Å². The molecular formula is C18H21ClN2O3S. The van der Waals surface area contributed by atoms with Crippen LogP contribution in [0.1, 0.15) is 34.8 Å². The average Bonchev–Trinajstić information content (AvgIpc) is 2.91. The molecule has 2 heterocycles. The monoisotopic (exact) mass is 380 g/mol. The normalized spacial score (nSPS) is 14.7. The lowest BCUT2D eigenvalue weighted by Gasteiger charge is -2.16. The number of methoxy groups -OCH3 is 1. The second kappa shape index (κ2) is 7.72. The van der Waals surface area contributed by atoms with Crippen molar-refractivity contribution in [2.24, 2.45) is 10.9 Å². The number of aromatic nitrogens is 1. The molecule has 0 unspecified atom stereocenters. The minimum Gasteiger partial charge on any atom is -0.496 e. The van der Waals surface area contributed by atoms with E-state index in [-0.39, 0.29) is 5.91 Å². The Morgan fingerprint density at radius 2 is 2.28 bits per heavy atom. The van der Waals surface area contributed by atoms with E-state index in [0.29, 0.717) is 40.3 Å². The molecule has 0 saturated carbocycles. The molecule has 25 heavy (non-hydrogen) atoms. The van der Waals surface area contributed by atoms with Crippen LogP contribution in [0.4, 0.5) is 0 Å². The maximum absolute atomic E-state index is 12.8. The van der Waals surface area contributed by atoms with Crippen LogP contribution in [0.2, 0.25) is 5.02 Å². The van der Waals surface area contributed by atoms with Gasteiger partial charge in [-0.2, -0.15) is 4.99 Å². The average molecular weight is 381 g/mol. The van der Waals surface area contributed by atoms with Gasteiger partial charge in [0, 0.05) is 23.7 Å². The molecule has 0 bridgehead atoms. The van der Waals surface area contributed by atoms with Crippen molar-refractivity contribution >= 4 is 28.8 Å². The number of nitrogens with zero attached hydrogens (tertiary/aromatic N) is 2.